The minimum absolute atomic E-state index is 0.0199. The summed E-state index contributed by atoms with van der Waals surface area (Å²) < 4.78 is 31.2. The van der Waals surface area contributed by atoms with E-state index in [1.807, 2.05) is 0 Å². The largest absolute Gasteiger partial charge is 0.388 e. The molecule has 1 aliphatic rings. The molecule has 0 saturated carbocycles. The van der Waals surface area contributed by atoms with Crippen molar-refractivity contribution in [1.82, 2.24) is 5.32 Å². The van der Waals surface area contributed by atoms with E-state index in [1.165, 1.54) is 0 Å². The van der Waals surface area contributed by atoms with Gasteiger partial charge in [0.05, 0.1) is 11.2 Å². The first kappa shape index (κ1) is 13.9. The van der Waals surface area contributed by atoms with Crippen molar-refractivity contribution in [3.8, 4) is 0 Å². The normalized spacial score (nSPS) is 18.1. The SMILES string of the molecule is O=C(NCC1(O)CCOCC1)c1ccc(F)cc1F. The smallest absolute Gasteiger partial charge is 0.254 e. The van der Waals surface area contributed by atoms with Gasteiger partial charge in [-0.3, -0.25) is 4.79 Å². The molecule has 4 nitrogen and oxygen atoms in total. The second-order valence-electron chi connectivity index (χ2n) is 4.64. The number of benzene rings is 1. The highest BCUT2D eigenvalue weighted by molar-refractivity contribution is 5.94. The molecule has 1 aromatic rings. The van der Waals surface area contributed by atoms with Crippen LogP contribution in [0.1, 0.15) is 23.2 Å². The molecule has 2 rings (SSSR count). The molecule has 0 unspecified atom stereocenters. The molecule has 1 aliphatic heterocycles. The van der Waals surface area contributed by atoms with Crippen LogP contribution < -0.4 is 5.32 Å². The summed E-state index contributed by atoms with van der Waals surface area (Å²) in [7, 11) is 0. The number of amides is 1. The van der Waals surface area contributed by atoms with Gasteiger partial charge in [-0.05, 0) is 12.1 Å². The summed E-state index contributed by atoms with van der Waals surface area (Å²) in [6.07, 6.45) is 0.832. The van der Waals surface area contributed by atoms with Crippen LogP contribution in [0.3, 0.4) is 0 Å². The first-order chi connectivity index (χ1) is 9.00. The Morgan fingerprint density at radius 1 is 1.37 bits per heavy atom. The average molecular weight is 271 g/mol. The van der Waals surface area contributed by atoms with Crippen LogP contribution >= 0.6 is 0 Å². The number of hydrogen-bond acceptors (Lipinski definition) is 3. The Labute approximate surface area is 109 Å². The van der Waals surface area contributed by atoms with Crippen molar-refractivity contribution in [2.75, 3.05) is 19.8 Å². The Bertz CT molecular complexity index is 473. The predicted molar refractivity (Wildman–Crippen MR) is 63.7 cm³/mol. The molecule has 6 heteroatoms. The van der Waals surface area contributed by atoms with Crippen molar-refractivity contribution in [2.24, 2.45) is 0 Å². The number of hydrogen-bond donors (Lipinski definition) is 2. The molecule has 1 amide bonds. The van der Waals surface area contributed by atoms with Gasteiger partial charge in [0.15, 0.2) is 0 Å². The number of carbonyl (C=O) groups is 1. The van der Waals surface area contributed by atoms with Gasteiger partial charge >= 0.3 is 0 Å². The lowest BCUT2D eigenvalue weighted by molar-refractivity contribution is -0.0605. The van der Waals surface area contributed by atoms with E-state index in [0.717, 1.165) is 12.1 Å². The molecule has 0 atom stereocenters. The summed E-state index contributed by atoms with van der Waals surface area (Å²) in [5.74, 6) is -2.33. The minimum atomic E-state index is -1.02. The maximum Gasteiger partial charge on any atom is 0.254 e. The fraction of sp³-hybridized carbons (Fsp3) is 0.462. The Hall–Kier alpha value is -1.53. The van der Waals surface area contributed by atoms with Crippen LogP contribution in [0.15, 0.2) is 18.2 Å². The number of nitrogens with one attached hydrogen (secondary N) is 1. The summed E-state index contributed by atoms with van der Waals surface area (Å²) in [5, 5.41) is 12.6. The van der Waals surface area contributed by atoms with Crippen molar-refractivity contribution >= 4 is 5.91 Å². The van der Waals surface area contributed by atoms with Crippen molar-refractivity contribution in [2.45, 2.75) is 18.4 Å². The van der Waals surface area contributed by atoms with Crippen LogP contribution in [-0.2, 0) is 4.74 Å². The van der Waals surface area contributed by atoms with Gasteiger partial charge in [0, 0.05) is 38.7 Å². The maximum absolute atomic E-state index is 13.4. The molecule has 0 aromatic heterocycles. The van der Waals surface area contributed by atoms with Crippen LogP contribution in [0.5, 0.6) is 0 Å². The van der Waals surface area contributed by atoms with Gasteiger partial charge in [-0.25, -0.2) is 8.78 Å². The van der Waals surface area contributed by atoms with Crippen LogP contribution in [0.25, 0.3) is 0 Å². The lowest BCUT2D eigenvalue weighted by Crippen LogP contribution is -2.46. The third-order valence-corrected chi connectivity index (χ3v) is 3.18. The van der Waals surface area contributed by atoms with E-state index in [0.29, 0.717) is 32.1 Å². The number of ether oxygens (including phenoxy) is 1. The number of aliphatic hydroxyl groups is 1. The maximum atomic E-state index is 13.4. The third-order valence-electron chi connectivity index (χ3n) is 3.18. The fourth-order valence-corrected chi connectivity index (χ4v) is 1.94. The van der Waals surface area contributed by atoms with Gasteiger partial charge in [-0.2, -0.15) is 0 Å². The highest BCUT2D eigenvalue weighted by Gasteiger charge is 2.30. The molecular formula is C13H15F2NO3. The zero-order valence-electron chi connectivity index (χ0n) is 10.3. The second-order valence-corrected chi connectivity index (χ2v) is 4.64. The zero-order valence-corrected chi connectivity index (χ0v) is 10.3. The molecule has 1 fully saturated rings. The summed E-state index contributed by atoms with van der Waals surface area (Å²) in [6, 6.07) is 2.74. The van der Waals surface area contributed by atoms with Gasteiger partial charge in [0.2, 0.25) is 0 Å². The molecule has 1 saturated heterocycles. The van der Waals surface area contributed by atoms with E-state index in [2.05, 4.69) is 5.32 Å². The Kier molecular flexibility index (Phi) is 4.11. The third kappa shape index (κ3) is 3.48. The van der Waals surface area contributed by atoms with Crippen LogP contribution in [0.2, 0.25) is 0 Å². The van der Waals surface area contributed by atoms with Crippen LogP contribution in [-0.4, -0.2) is 36.4 Å². The highest BCUT2D eigenvalue weighted by atomic mass is 19.1. The van der Waals surface area contributed by atoms with Gasteiger partial charge in [0.25, 0.3) is 5.91 Å². The van der Waals surface area contributed by atoms with E-state index >= 15 is 0 Å². The average Bonchev–Trinajstić information content (AvgIpc) is 2.37. The Morgan fingerprint density at radius 2 is 2.05 bits per heavy atom. The van der Waals surface area contributed by atoms with E-state index in [1.54, 1.807) is 0 Å². The highest BCUT2D eigenvalue weighted by Crippen LogP contribution is 2.19. The first-order valence-electron chi connectivity index (χ1n) is 6.04. The first-order valence-corrected chi connectivity index (χ1v) is 6.04. The van der Waals surface area contributed by atoms with Gasteiger partial charge < -0.3 is 15.2 Å². The molecule has 19 heavy (non-hydrogen) atoms. The van der Waals surface area contributed by atoms with Crippen molar-refractivity contribution in [3.05, 3.63) is 35.4 Å². The quantitative estimate of drug-likeness (QED) is 0.869. The summed E-state index contributed by atoms with van der Waals surface area (Å²) in [6.45, 7) is 0.876. The monoisotopic (exact) mass is 271 g/mol. The summed E-state index contributed by atoms with van der Waals surface area (Å²) in [5.41, 5.74) is -1.26. The second kappa shape index (κ2) is 5.63. The molecule has 0 bridgehead atoms. The number of carbonyl (C=O) groups excluding carboxylic acids is 1. The Morgan fingerprint density at radius 3 is 2.68 bits per heavy atom. The molecule has 0 aliphatic carbocycles. The van der Waals surface area contributed by atoms with E-state index in [9.17, 15) is 18.7 Å². The zero-order chi connectivity index (χ0) is 13.9. The molecule has 1 heterocycles. The molecule has 0 radical (unpaired) electrons. The van der Waals surface area contributed by atoms with Crippen molar-refractivity contribution in [1.29, 1.82) is 0 Å². The molecule has 104 valence electrons. The van der Waals surface area contributed by atoms with Crippen molar-refractivity contribution < 1.29 is 23.4 Å². The lowest BCUT2D eigenvalue weighted by Gasteiger charge is -2.32. The van der Waals surface area contributed by atoms with Crippen molar-refractivity contribution in [3.63, 3.8) is 0 Å². The standard InChI is InChI=1S/C13H15F2NO3/c14-9-1-2-10(11(15)7-9)12(17)16-8-13(18)3-5-19-6-4-13/h1-2,7,18H,3-6,8H2,(H,16,17). The van der Waals surface area contributed by atoms with Gasteiger partial charge in [-0.1, -0.05) is 0 Å². The van der Waals surface area contributed by atoms with Crippen LogP contribution in [0.4, 0.5) is 8.78 Å². The molecule has 0 spiro atoms. The van der Waals surface area contributed by atoms with Crippen LogP contribution in [0, 0.1) is 11.6 Å². The molecule has 2 N–H and O–H groups in total. The molecule has 1 aromatic carbocycles. The summed E-state index contributed by atoms with van der Waals surface area (Å²) in [4.78, 5) is 11.7. The fourth-order valence-electron chi connectivity index (χ4n) is 1.94. The van der Waals surface area contributed by atoms with Gasteiger partial charge in [-0.15, -0.1) is 0 Å². The number of rotatable bonds is 3. The number of halogens is 2. The van der Waals surface area contributed by atoms with E-state index < -0.39 is 23.1 Å². The van der Waals surface area contributed by atoms with E-state index in [-0.39, 0.29) is 12.1 Å². The Balaban J connectivity index is 1.97. The topological polar surface area (TPSA) is 58.6 Å². The molecular weight excluding hydrogens is 256 g/mol. The lowest BCUT2D eigenvalue weighted by atomic mass is 9.94. The van der Waals surface area contributed by atoms with E-state index in [4.69, 9.17) is 4.74 Å². The minimum Gasteiger partial charge on any atom is -0.388 e. The predicted octanol–water partition coefficient (Wildman–Crippen LogP) is 1.24. The summed E-state index contributed by atoms with van der Waals surface area (Å²) >= 11 is 0. The van der Waals surface area contributed by atoms with Gasteiger partial charge in [0.1, 0.15) is 11.6 Å².